The van der Waals surface area contributed by atoms with E-state index in [1.807, 2.05) is 18.4 Å². The molecule has 1 aromatic carbocycles. The number of amides is 1. The van der Waals surface area contributed by atoms with Crippen LogP contribution in [0.1, 0.15) is 18.2 Å². The van der Waals surface area contributed by atoms with E-state index in [2.05, 4.69) is 44.9 Å². The van der Waals surface area contributed by atoms with Crippen LogP contribution < -0.4 is 10.6 Å². The van der Waals surface area contributed by atoms with Gasteiger partial charge in [-0.1, -0.05) is 41.7 Å². The molecule has 0 aliphatic carbocycles. The van der Waals surface area contributed by atoms with Crippen molar-refractivity contribution in [2.24, 2.45) is 0 Å². The van der Waals surface area contributed by atoms with Gasteiger partial charge in [0.15, 0.2) is 10.3 Å². The molecular formula is C17H18N4OS2. The van der Waals surface area contributed by atoms with Crippen LogP contribution in [-0.2, 0) is 11.2 Å². The summed E-state index contributed by atoms with van der Waals surface area (Å²) >= 11 is 3.03. The number of carbonyl (C=O) groups is 1. The quantitative estimate of drug-likeness (QED) is 0.693. The second-order valence-corrected chi connectivity index (χ2v) is 7.17. The summed E-state index contributed by atoms with van der Waals surface area (Å²) in [5.74, 6) is -0.114. The van der Waals surface area contributed by atoms with E-state index in [1.54, 1.807) is 11.3 Å². The van der Waals surface area contributed by atoms with Crippen molar-refractivity contribution in [1.29, 1.82) is 0 Å². The van der Waals surface area contributed by atoms with Crippen LogP contribution in [0.15, 0.2) is 35.7 Å². The number of hydrogen-bond donors (Lipinski definition) is 2. The summed E-state index contributed by atoms with van der Waals surface area (Å²) < 4.78 is 0. The lowest BCUT2D eigenvalue weighted by atomic mass is 10.1. The van der Waals surface area contributed by atoms with E-state index in [1.165, 1.54) is 23.8 Å². The second kappa shape index (κ2) is 7.55. The molecule has 2 heterocycles. The third-order valence-electron chi connectivity index (χ3n) is 3.35. The van der Waals surface area contributed by atoms with E-state index in [4.69, 9.17) is 0 Å². The molecule has 5 nitrogen and oxygen atoms in total. The summed E-state index contributed by atoms with van der Waals surface area (Å²) in [5, 5.41) is 9.61. The van der Waals surface area contributed by atoms with Gasteiger partial charge in [0.05, 0.1) is 16.3 Å². The molecule has 124 valence electrons. The van der Waals surface area contributed by atoms with Crippen molar-refractivity contribution in [2.75, 3.05) is 17.2 Å². The first kappa shape index (κ1) is 16.6. The van der Waals surface area contributed by atoms with Crippen molar-refractivity contribution in [1.82, 2.24) is 9.97 Å². The summed E-state index contributed by atoms with van der Waals surface area (Å²) in [6.07, 6.45) is 0.960. The average Bonchev–Trinajstić information content (AvgIpc) is 3.14. The number of aromatic nitrogens is 2. The van der Waals surface area contributed by atoms with Gasteiger partial charge in [-0.3, -0.25) is 4.79 Å². The third kappa shape index (κ3) is 4.18. The van der Waals surface area contributed by atoms with Gasteiger partial charge < -0.3 is 10.6 Å². The van der Waals surface area contributed by atoms with Gasteiger partial charge in [-0.05, 0) is 18.9 Å². The molecular weight excluding hydrogens is 340 g/mol. The Balaban J connectivity index is 1.63. The molecule has 0 saturated carbocycles. The van der Waals surface area contributed by atoms with Crippen LogP contribution in [0.4, 0.5) is 10.3 Å². The van der Waals surface area contributed by atoms with E-state index < -0.39 is 0 Å². The first-order valence-corrected chi connectivity index (χ1v) is 9.30. The molecule has 2 N–H and O–H groups in total. The molecule has 2 aromatic heterocycles. The zero-order chi connectivity index (χ0) is 16.9. The van der Waals surface area contributed by atoms with E-state index in [0.29, 0.717) is 5.13 Å². The molecule has 1 amide bonds. The van der Waals surface area contributed by atoms with Gasteiger partial charge in [0, 0.05) is 18.8 Å². The maximum Gasteiger partial charge on any atom is 0.223 e. The maximum atomic E-state index is 11.1. The largest absolute Gasteiger partial charge is 0.361 e. The number of thiazole rings is 2. The Bertz CT molecular complexity index is 826. The van der Waals surface area contributed by atoms with Crippen LogP contribution in [0.25, 0.3) is 10.6 Å². The standard InChI is InChI=1S/C17H18N4OS2/c1-11-15(24-17(19-11)20-12(2)22)14-10-23-16(21-14)18-9-8-13-6-4-3-5-7-13/h3-7,10H,8-9H2,1-2H3,(H,18,21)(H,19,20,22). The highest BCUT2D eigenvalue weighted by Gasteiger charge is 2.13. The minimum Gasteiger partial charge on any atom is -0.361 e. The van der Waals surface area contributed by atoms with Gasteiger partial charge in [-0.2, -0.15) is 0 Å². The summed E-state index contributed by atoms with van der Waals surface area (Å²) in [6.45, 7) is 4.25. The molecule has 0 atom stereocenters. The number of nitrogens with zero attached hydrogens (tertiary/aromatic N) is 2. The second-order valence-electron chi connectivity index (χ2n) is 5.32. The van der Waals surface area contributed by atoms with E-state index in [0.717, 1.165) is 34.4 Å². The van der Waals surface area contributed by atoms with Gasteiger partial charge in [-0.25, -0.2) is 9.97 Å². The van der Waals surface area contributed by atoms with Gasteiger partial charge in [-0.15, -0.1) is 11.3 Å². The van der Waals surface area contributed by atoms with Crippen LogP contribution in [0.2, 0.25) is 0 Å². The molecule has 7 heteroatoms. The molecule has 0 spiro atoms. The van der Waals surface area contributed by atoms with Gasteiger partial charge in [0.25, 0.3) is 0 Å². The lowest BCUT2D eigenvalue weighted by molar-refractivity contribution is -0.114. The van der Waals surface area contributed by atoms with E-state index in [-0.39, 0.29) is 5.91 Å². The fourth-order valence-corrected chi connectivity index (χ4v) is 4.03. The Morgan fingerprint density at radius 2 is 1.96 bits per heavy atom. The lowest BCUT2D eigenvalue weighted by Crippen LogP contribution is -2.04. The number of benzene rings is 1. The number of rotatable bonds is 6. The maximum absolute atomic E-state index is 11.1. The third-order valence-corrected chi connectivity index (χ3v) is 5.24. The van der Waals surface area contributed by atoms with Crippen molar-refractivity contribution in [2.45, 2.75) is 20.3 Å². The molecule has 3 rings (SSSR count). The number of anilines is 2. The van der Waals surface area contributed by atoms with Crippen LogP contribution in [0, 0.1) is 6.92 Å². The van der Waals surface area contributed by atoms with E-state index >= 15 is 0 Å². The first-order chi connectivity index (χ1) is 11.6. The van der Waals surface area contributed by atoms with Crippen molar-refractivity contribution >= 4 is 38.8 Å². The zero-order valence-electron chi connectivity index (χ0n) is 13.5. The fourth-order valence-electron chi connectivity index (χ4n) is 2.26. The molecule has 0 aliphatic heterocycles. The summed E-state index contributed by atoms with van der Waals surface area (Å²) in [6, 6.07) is 10.4. The molecule has 0 aliphatic rings. The minimum absolute atomic E-state index is 0.114. The number of aryl methyl sites for hydroxylation is 1. The highest BCUT2D eigenvalue weighted by atomic mass is 32.1. The molecule has 0 radical (unpaired) electrons. The number of nitrogens with one attached hydrogen (secondary N) is 2. The molecule has 24 heavy (non-hydrogen) atoms. The Morgan fingerprint density at radius 3 is 2.71 bits per heavy atom. The Hall–Kier alpha value is -2.25. The van der Waals surface area contributed by atoms with E-state index in [9.17, 15) is 4.79 Å². The number of carbonyl (C=O) groups excluding carboxylic acids is 1. The topological polar surface area (TPSA) is 66.9 Å². The predicted molar refractivity (Wildman–Crippen MR) is 101 cm³/mol. The molecule has 0 fully saturated rings. The Labute approximate surface area is 148 Å². The van der Waals surface area contributed by atoms with Crippen LogP contribution in [-0.4, -0.2) is 22.4 Å². The molecule has 0 unspecified atom stereocenters. The van der Waals surface area contributed by atoms with Gasteiger partial charge >= 0.3 is 0 Å². The summed E-state index contributed by atoms with van der Waals surface area (Å²) in [7, 11) is 0. The van der Waals surface area contributed by atoms with Gasteiger partial charge in [0.2, 0.25) is 5.91 Å². The van der Waals surface area contributed by atoms with Crippen molar-refractivity contribution in [3.05, 3.63) is 47.0 Å². The SMILES string of the molecule is CC(=O)Nc1nc(C)c(-c2csc(NCCc3ccccc3)n2)s1. The highest BCUT2D eigenvalue weighted by molar-refractivity contribution is 7.19. The van der Waals surface area contributed by atoms with Crippen molar-refractivity contribution in [3.63, 3.8) is 0 Å². The van der Waals surface area contributed by atoms with Crippen molar-refractivity contribution in [3.8, 4) is 10.6 Å². The highest BCUT2D eigenvalue weighted by Crippen LogP contribution is 2.34. The van der Waals surface area contributed by atoms with Crippen LogP contribution in [0.3, 0.4) is 0 Å². The van der Waals surface area contributed by atoms with Crippen LogP contribution >= 0.6 is 22.7 Å². The Morgan fingerprint density at radius 1 is 1.17 bits per heavy atom. The van der Waals surface area contributed by atoms with Gasteiger partial charge in [0.1, 0.15) is 0 Å². The Kier molecular flexibility index (Phi) is 5.22. The molecule has 0 bridgehead atoms. The number of hydrogen-bond acceptors (Lipinski definition) is 6. The molecule has 0 saturated heterocycles. The van der Waals surface area contributed by atoms with Crippen LogP contribution in [0.5, 0.6) is 0 Å². The smallest absolute Gasteiger partial charge is 0.223 e. The predicted octanol–water partition coefficient (Wildman–Crippen LogP) is 4.19. The fraction of sp³-hybridized carbons (Fsp3) is 0.235. The summed E-state index contributed by atoms with van der Waals surface area (Å²) in [4.78, 5) is 21.1. The summed E-state index contributed by atoms with van der Waals surface area (Å²) in [5.41, 5.74) is 3.08. The zero-order valence-corrected chi connectivity index (χ0v) is 15.1. The monoisotopic (exact) mass is 358 g/mol. The normalized spacial score (nSPS) is 10.6. The van der Waals surface area contributed by atoms with Crippen molar-refractivity contribution < 1.29 is 4.79 Å². The first-order valence-electron chi connectivity index (χ1n) is 7.60. The molecule has 3 aromatic rings. The minimum atomic E-state index is -0.114. The lowest BCUT2D eigenvalue weighted by Gasteiger charge is -2.02. The average molecular weight is 358 g/mol.